The molecule has 4 saturated carbocycles. The van der Waals surface area contributed by atoms with Crippen molar-refractivity contribution < 1.29 is 49.2 Å². The summed E-state index contributed by atoms with van der Waals surface area (Å²) in [7, 11) is 0. The van der Waals surface area contributed by atoms with E-state index in [9.17, 15) is 49.2 Å². The molecular formula is C52H76O10. The Balaban J connectivity index is 0.000000234. The standard InChI is InChI=1S/2C26H38O5/c2*1-9-15(4)19(27)18-20(28)25(11-10-14(2)3)12-17-23(5,6)16(24(7,8)31)13-26(17,21(18)29)22(25)30/h2*10,15-17,28,31H,9,11-13H2,1-8H3/t2*15?,16-,17+,25?,26-/m10/s1. The van der Waals surface area contributed by atoms with Gasteiger partial charge in [0.15, 0.2) is 34.7 Å². The number of carbonyl (C=O) groups is 6. The van der Waals surface area contributed by atoms with Crippen LogP contribution in [0.1, 0.15) is 162 Å². The van der Waals surface area contributed by atoms with E-state index >= 15 is 0 Å². The molecule has 10 nitrogen and oxygen atoms in total. The Morgan fingerprint density at radius 3 is 1.15 bits per heavy atom. The van der Waals surface area contributed by atoms with Gasteiger partial charge < -0.3 is 20.4 Å². The number of aliphatic hydroxyl groups excluding tert-OH is 2. The number of carbonyl (C=O) groups excluding carboxylic acids is 6. The van der Waals surface area contributed by atoms with Gasteiger partial charge in [-0.05, 0) is 141 Å². The zero-order valence-electron chi connectivity index (χ0n) is 40.5. The van der Waals surface area contributed by atoms with Crippen LogP contribution in [0.4, 0.5) is 0 Å². The van der Waals surface area contributed by atoms with Crippen molar-refractivity contribution in [1.82, 2.24) is 0 Å². The number of hydrogen-bond acceptors (Lipinski definition) is 10. The summed E-state index contributed by atoms with van der Waals surface area (Å²) in [6.07, 6.45) is 6.58. The SMILES string of the molecule is CCC(C)C(=O)C1=C(O)C2(CC=C(C)C)C[C@@H]3C(C)(C)[C@@H](C(C)(C)O)C[C@]3(C1=O)C2=O.CCC(C)C(=O)C1=C(O)C2(CC=C(C)C)C[C@H]3C(C)(C)[C@H](C(C)(C)O)C[C@@]3(C1=O)C2=O. The lowest BCUT2D eigenvalue weighted by Crippen LogP contribution is -2.50. The molecular weight excluding hydrogens is 785 g/mol. The highest BCUT2D eigenvalue weighted by molar-refractivity contribution is 6.33. The van der Waals surface area contributed by atoms with Crippen molar-refractivity contribution in [3.05, 3.63) is 46.0 Å². The molecule has 0 aromatic rings. The monoisotopic (exact) mass is 861 g/mol. The Morgan fingerprint density at radius 1 is 0.613 bits per heavy atom. The van der Waals surface area contributed by atoms with Gasteiger partial charge in [-0.1, -0.05) is 78.7 Å². The third-order valence-electron chi connectivity index (χ3n) is 17.3. The number of hydrogen-bond donors (Lipinski definition) is 4. The van der Waals surface area contributed by atoms with Crippen LogP contribution >= 0.6 is 0 Å². The van der Waals surface area contributed by atoms with E-state index < -0.39 is 67.1 Å². The molecule has 6 aliphatic rings. The number of Topliss-reactive ketones (excluding diaryl/α,β-unsaturated/α-hetero) is 6. The minimum Gasteiger partial charge on any atom is -0.510 e. The second kappa shape index (κ2) is 15.6. The molecule has 4 unspecified atom stereocenters. The van der Waals surface area contributed by atoms with Gasteiger partial charge in [-0.25, -0.2) is 0 Å². The van der Waals surface area contributed by atoms with Crippen LogP contribution in [0.5, 0.6) is 0 Å². The van der Waals surface area contributed by atoms with Gasteiger partial charge in [0.1, 0.15) is 22.7 Å². The highest BCUT2D eigenvalue weighted by Gasteiger charge is 2.80. The molecule has 2 spiro atoms. The van der Waals surface area contributed by atoms with Crippen LogP contribution < -0.4 is 0 Å². The maximum Gasteiger partial charge on any atom is 0.183 e. The van der Waals surface area contributed by atoms with E-state index in [0.29, 0.717) is 25.7 Å². The van der Waals surface area contributed by atoms with Crippen LogP contribution in [-0.2, 0) is 28.8 Å². The number of aliphatic hydroxyl groups is 4. The minimum atomic E-state index is -1.35. The summed E-state index contributed by atoms with van der Waals surface area (Å²) in [6, 6.07) is 0. The zero-order valence-corrected chi connectivity index (χ0v) is 40.5. The summed E-state index contributed by atoms with van der Waals surface area (Å²) < 4.78 is 0. The summed E-state index contributed by atoms with van der Waals surface area (Å²) in [5.74, 6) is -5.00. The molecule has 6 aliphatic carbocycles. The molecule has 6 rings (SSSR count). The lowest BCUT2D eigenvalue weighted by atomic mass is 9.62. The van der Waals surface area contributed by atoms with Crippen molar-refractivity contribution in [2.24, 2.45) is 68.0 Å². The van der Waals surface area contributed by atoms with Crippen LogP contribution in [0.15, 0.2) is 46.0 Å². The predicted molar refractivity (Wildman–Crippen MR) is 239 cm³/mol. The topological polar surface area (TPSA) is 183 Å². The second-order valence-corrected chi connectivity index (χ2v) is 23.2. The molecule has 344 valence electrons. The van der Waals surface area contributed by atoms with Gasteiger partial charge in [0, 0.05) is 11.8 Å². The molecule has 4 fully saturated rings. The molecule has 62 heavy (non-hydrogen) atoms. The number of allylic oxidation sites excluding steroid dienone is 8. The fourth-order valence-electron chi connectivity index (χ4n) is 13.5. The lowest BCUT2D eigenvalue weighted by molar-refractivity contribution is -0.147. The van der Waals surface area contributed by atoms with Gasteiger partial charge in [0.2, 0.25) is 0 Å². The number of fused-ring (bicyclic) bond motifs is 2. The molecule has 4 N–H and O–H groups in total. The van der Waals surface area contributed by atoms with Crippen molar-refractivity contribution >= 4 is 34.7 Å². The van der Waals surface area contributed by atoms with Gasteiger partial charge in [-0.3, -0.25) is 28.8 Å². The average molecular weight is 861 g/mol. The molecule has 0 heterocycles. The first-order valence-electron chi connectivity index (χ1n) is 23.0. The molecule has 4 bridgehead atoms. The van der Waals surface area contributed by atoms with Crippen molar-refractivity contribution in [2.45, 2.75) is 173 Å². The van der Waals surface area contributed by atoms with Gasteiger partial charge >= 0.3 is 0 Å². The summed E-state index contributed by atoms with van der Waals surface area (Å²) in [4.78, 5) is 82.6. The minimum absolute atomic E-state index is 0.161. The van der Waals surface area contributed by atoms with Crippen LogP contribution in [-0.4, -0.2) is 66.3 Å². The zero-order chi connectivity index (χ0) is 47.5. The molecule has 10 atom stereocenters. The third kappa shape index (κ3) is 6.76. The largest absolute Gasteiger partial charge is 0.510 e. The number of ketones is 6. The van der Waals surface area contributed by atoms with Gasteiger partial charge in [-0.15, -0.1) is 0 Å². The predicted octanol–water partition coefficient (Wildman–Crippen LogP) is 9.46. The van der Waals surface area contributed by atoms with E-state index in [4.69, 9.17) is 0 Å². The Morgan fingerprint density at radius 2 is 0.903 bits per heavy atom. The Labute approximate surface area is 370 Å². The van der Waals surface area contributed by atoms with Crippen molar-refractivity contribution in [3.63, 3.8) is 0 Å². The van der Waals surface area contributed by atoms with Crippen LogP contribution in [0.25, 0.3) is 0 Å². The Hall–Kier alpha value is -3.50. The van der Waals surface area contributed by atoms with Crippen molar-refractivity contribution in [2.75, 3.05) is 0 Å². The van der Waals surface area contributed by atoms with E-state index in [1.54, 1.807) is 41.5 Å². The average Bonchev–Trinajstić information content (AvgIpc) is 3.73. The summed E-state index contributed by atoms with van der Waals surface area (Å²) in [5, 5.41) is 44.5. The molecule has 0 amide bonds. The fraction of sp³-hybridized carbons (Fsp3) is 0.731. The summed E-state index contributed by atoms with van der Waals surface area (Å²) in [6.45, 7) is 29.9. The number of rotatable bonds is 12. The van der Waals surface area contributed by atoms with E-state index in [1.165, 1.54) is 0 Å². The Kier molecular flexibility index (Phi) is 12.5. The van der Waals surface area contributed by atoms with Crippen LogP contribution in [0.3, 0.4) is 0 Å². The second-order valence-electron chi connectivity index (χ2n) is 23.2. The van der Waals surface area contributed by atoms with Gasteiger partial charge in [-0.2, -0.15) is 0 Å². The summed E-state index contributed by atoms with van der Waals surface area (Å²) in [5.41, 5.74) is -6.64. The highest BCUT2D eigenvalue weighted by atomic mass is 16.3. The smallest absolute Gasteiger partial charge is 0.183 e. The van der Waals surface area contributed by atoms with Gasteiger partial charge in [0.05, 0.1) is 32.9 Å². The van der Waals surface area contributed by atoms with Crippen molar-refractivity contribution in [1.29, 1.82) is 0 Å². The van der Waals surface area contributed by atoms with E-state index in [0.717, 1.165) is 11.1 Å². The van der Waals surface area contributed by atoms with Gasteiger partial charge in [0.25, 0.3) is 0 Å². The summed E-state index contributed by atoms with van der Waals surface area (Å²) >= 11 is 0. The maximum atomic E-state index is 14.1. The first-order chi connectivity index (χ1) is 28.2. The normalized spacial score (nSPS) is 35.3. The van der Waals surface area contributed by atoms with Crippen molar-refractivity contribution in [3.8, 4) is 0 Å². The molecule has 10 heteroatoms. The van der Waals surface area contributed by atoms with Crippen LogP contribution in [0, 0.1) is 68.0 Å². The van der Waals surface area contributed by atoms with E-state index in [1.807, 2.05) is 81.4 Å². The molecule has 0 aliphatic heterocycles. The molecule has 0 radical (unpaired) electrons. The lowest BCUT2D eigenvalue weighted by Gasteiger charge is -2.41. The van der Waals surface area contributed by atoms with E-state index in [-0.39, 0.29) is 95.2 Å². The van der Waals surface area contributed by atoms with Crippen LogP contribution in [0.2, 0.25) is 0 Å². The Bertz CT molecular complexity index is 1940. The van der Waals surface area contributed by atoms with E-state index in [2.05, 4.69) is 0 Å². The first kappa shape index (κ1) is 49.5. The highest BCUT2D eigenvalue weighted by Crippen LogP contribution is 2.75. The molecule has 0 aromatic heterocycles. The first-order valence-corrected chi connectivity index (χ1v) is 23.0. The quantitative estimate of drug-likeness (QED) is 0.0838. The maximum absolute atomic E-state index is 14.1. The molecule has 0 aromatic carbocycles. The third-order valence-corrected chi connectivity index (χ3v) is 17.3. The fourth-order valence-corrected chi connectivity index (χ4v) is 13.5. The molecule has 0 saturated heterocycles.